The molecule has 0 radical (unpaired) electrons. The van der Waals surface area contributed by atoms with Gasteiger partial charge in [0.15, 0.2) is 0 Å². The number of hydrogen-bond acceptors (Lipinski definition) is 5. The lowest BCUT2D eigenvalue weighted by atomic mass is 9.79. The van der Waals surface area contributed by atoms with Crippen molar-refractivity contribution in [1.82, 2.24) is 10.2 Å². The third-order valence-corrected chi connectivity index (χ3v) is 5.58. The molecule has 0 bridgehead atoms. The van der Waals surface area contributed by atoms with E-state index in [1.807, 2.05) is 0 Å². The molecule has 2 aliphatic rings. The summed E-state index contributed by atoms with van der Waals surface area (Å²) in [4.78, 5) is 13.5. The van der Waals surface area contributed by atoms with Gasteiger partial charge in [0.2, 0.25) is 0 Å². The Labute approximate surface area is 146 Å². The number of aromatic hydroxyl groups is 1. The van der Waals surface area contributed by atoms with Crippen molar-refractivity contribution >= 4 is 17.3 Å². The zero-order chi connectivity index (χ0) is 17.1. The molecule has 1 saturated heterocycles. The van der Waals surface area contributed by atoms with Crippen LogP contribution in [0.15, 0.2) is 12.1 Å². The van der Waals surface area contributed by atoms with Crippen molar-refractivity contribution in [2.45, 2.75) is 38.1 Å². The molecule has 132 valence electrons. The molecule has 0 amide bonds. The zero-order valence-corrected chi connectivity index (χ0v) is 14.5. The van der Waals surface area contributed by atoms with Gasteiger partial charge in [0, 0.05) is 38.3 Å². The van der Waals surface area contributed by atoms with Gasteiger partial charge < -0.3 is 10.4 Å². The largest absolute Gasteiger partial charge is 0.506 e. The zero-order valence-electron chi connectivity index (χ0n) is 13.7. The molecule has 1 saturated carbocycles. The molecule has 1 heterocycles. The molecule has 2 N–H and O–H groups in total. The number of rotatable bonds is 4. The van der Waals surface area contributed by atoms with Crippen molar-refractivity contribution < 1.29 is 10.0 Å². The summed E-state index contributed by atoms with van der Waals surface area (Å²) in [6.07, 6.45) is 5.58. The second-order valence-corrected chi connectivity index (χ2v) is 7.12. The molecule has 3 rings (SSSR count). The Balaban J connectivity index is 2.07. The molecule has 0 spiro atoms. The van der Waals surface area contributed by atoms with Gasteiger partial charge in [-0.15, -0.1) is 0 Å². The van der Waals surface area contributed by atoms with E-state index in [-0.39, 0.29) is 22.5 Å². The quantitative estimate of drug-likeness (QED) is 0.640. The van der Waals surface area contributed by atoms with Gasteiger partial charge in [0.25, 0.3) is 5.69 Å². The maximum absolute atomic E-state index is 11.6. The lowest BCUT2D eigenvalue weighted by Gasteiger charge is -2.41. The molecule has 2 fully saturated rings. The SMILES string of the molecule is O=[N+]([O-])c1ccc(Cl)c(O)c1[C@@H](C1CCCCC1)N1CCNCC1. The summed E-state index contributed by atoms with van der Waals surface area (Å²) < 4.78 is 0. The van der Waals surface area contributed by atoms with E-state index in [0.717, 1.165) is 51.9 Å². The number of nitro benzene ring substituents is 1. The van der Waals surface area contributed by atoms with Crippen LogP contribution in [0.4, 0.5) is 5.69 Å². The first-order valence-corrected chi connectivity index (χ1v) is 9.08. The lowest BCUT2D eigenvalue weighted by Crippen LogP contribution is -2.47. The van der Waals surface area contributed by atoms with Crippen LogP contribution in [-0.4, -0.2) is 41.1 Å². The maximum atomic E-state index is 11.6. The van der Waals surface area contributed by atoms with Crippen LogP contribution < -0.4 is 5.32 Å². The Hall–Kier alpha value is -1.37. The molecule has 1 aromatic rings. The van der Waals surface area contributed by atoms with Gasteiger partial charge in [-0.3, -0.25) is 15.0 Å². The van der Waals surface area contributed by atoms with E-state index in [9.17, 15) is 15.2 Å². The highest BCUT2D eigenvalue weighted by Crippen LogP contribution is 2.47. The Morgan fingerprint density at radius 1 is 1.25 bits per heavy atom. The van der Waals surface area contributed by atoms with Crippen LogP contribution in [0.1, 0.15) is 43.7 Å². The van der Waals surface area contributed by atoms with E-state index in [1.54, 1.807) is 0 Å². The minimum Gasteiger partial charge on any atom is -0.506 e. The predicted octanol–water partition coefficient (Wildman–Crippen LogP) is 3.48. The smallest absolute Gasteiger partial charge is 0.278 e. The van der Waals surface area contributed by atoms with E-state index in [1.165, 1.54) is 18.6 Å². The first kappa shape index (κ1) is 17.5. The van der Waals surface area contributed by atoms with E-state index in [0.29, 0.717) is 11.5 Å². The van der Waals surface area contributed by atoms with Gasteiger partial charge in [0.1, 0.15) is 5.75 Å². The Kier molecular flexibility index (Phi) is 5.58. The first-order valence-electron chi connectivity index (χ1n) is 8.70. The maximum Gasteiger partial charge on any atom is 0.278 e. The Morgan fingerprint density at radius 3 is 2.54 bits per heavy atom. The van der Waals surface area contributed by atoms with Gasteiger partial charge in [0.05, 0.1) is 15.5 Å². The van der Waals surface area contributed by atoms with E-state index < -0.39 is 4.92 Å². The van der Waals surface area contributed by atoms with Crippen LogP contribution in [0.2, 0.25) is 5.02 Å². The summed E-state index contributed by atoms with van der Waals surface area (Å²) in [6.45, 7) is 3.37. The minimum atomic E-state index is -0.399. The number of phenols is 1. The third kappa shape index (κ3) is 3.50. The number of nitro groups is 1. The molecule has 1 atom stereocenters. The number of piperazine rings is 1. The fourth-order valence-corrected chi connectivity index (χ4v) is 4.31. The van der Waals surface area contributed by atoms with Crippen LogP contribution in [0, 0.1) is 16.0 Å². The van der Waals surface area contributed by atoms with Gasteiger partial charge >= 0.3 is 0 Å². The van der Waals surface area contributed by atoms with E-state index >= 15 is 0 Å². The molecule has 1 aliphatic heterocycles. The molecular weight excluding hydrogens is 330 g/mol. The number of benzene rings is 1. The molecule has 1 aliphatic carbocycles. The Morgan fingerprint density at radius 2 is 1.92 bits per heavy atom. The highest BCUT2D eigenvalue weighted by atomic mass is 35.5. The van der Waals surface area contributed by atoms with Crippen molar-refractivity contribution in [3.8, 4) is 5.75 Å². The van der Waals surface area contributed by atoms with Crippen molar-refractivity contribution in [2.24, 2.45) is 5.92 Å². The topological polar surface area (TPSA) is 78.6 Å². The summed E-state index contributed by atoms with van der Waals surface area (Å²) in [5.74, 6) is 0.194. The van der Waals surface area contributed by atoms with E-state index in [2.05, 4.69) is 10.2 Å². The minimum absolute atomic E-state index is 0.0222. The Bertz CT molecular complexity index is 581. The van der Waals surface area contributed by atoms with Gasteiger partial charge in [-0.2, -0.15) is 0 Å². The van der Waals surface area contributed by atoms with Crippen LogP contribution in [0.25, 0.3) is 0 Å². The average Bonchev–Trinajstić information content (AvgIpc) is 2.60. The monoisotopic (exact) mass is 353 g/mol. The van der Waals surface area contributed by atoms with Crippen LogP contribution in [0.3, 0.4) is 0 Å². The highest BCUT2D eigenvalue weighted by Gasteiger charge is 2.37. The average molecular weight is 354 g/mol. The molecular formula is C17H24ClN3O3. The van der Waals surface area contributed by atoms with Crippen molar-refractivity contribution in [1.29, 1.82) is 0 Å². The van der Waals surface area contributed by atoms with Crippen molar-refractivity contribution in [3.63, 3.8) is 0 Å². The molecule has 0 unspecified atom stereocenters. The standard InChI is InChI=1S/C17H24ClN3O3/c18-13-6-7-14(21(23)24)15(17(13)22)16(12-4-2-1-3-5-12)20-10-8-19-9-11-20/h6-7,12,16,19,22H,1-5,8-11H2/t16-/m1/s1. The summed E-state index contributed by atoms with van der Waals surface area (Å²) >= 11 is 6.11. The number of nitrogens with one attached hydrogen (secondary N) is 1. The highest BCUT2D eigenvalue weighted by molar-refractivity contribution is 6.32. The normalized spacial score (nSPS) is 21.5. The summed E-state index contributed by atoms with van der Waals surface area (Å²) in [7, 11) is 0. The molecule has 0 aromatic heterocycles. The van der Waals surface area contributed by atoms with Crippen LogP contribution in [0.5, 0.6) is 5.75 Å². The van der Waals surface area contributed by atoms with Crippen LogP contribution >= 0.6 is 11.6 Å². The molecule has 7 heteroatoms. The van der Waals surface area contributed by atoms with Crippen molar-refractivity contribution in [3.05, 3.63) is 32.8 Å². The number of phenolic OH excluding ortho intramolecular Hbond substituents is 1. The summed E-state index contributed by atoms with van der Waals surface area (Å²) in [6, 6.07) is 2.69. The van der Waals surface area contributed by atoms with Crippen LogP contribution in [-0.2, 0) is 0 Å². The summed E-state index contributed by atoms with van der Waals surface area (Å²) in [5.41, 5.74) is 0.382. The van der Waals surface area contributed by atoms with Gasteiger partial charge in [-0.25, -0.2) is 0 Å². The predicted molar refractivity (Wildman–Crippen MR) is 93.5 cm³/mol. The second kappa shape index (κ2) is 7.68. The van der Waals surface area contributed by atoms with E-state index in [4.69, 9.17) is 11.6 Å². The van der Waals surface area contributed by atoms with Gasteiger partial charge in [-0.05, 0) is 24.8 Å². The lowest BCUT2D eigenvalue weighted by molar-refractivity contribution is -0.386. The molecule has 24 heavy (non-hydrogen) atoms. The fraction of sp³-hybridized carbons (Fsp3) is 0.647. The van der Waals surface area contributed by atoms with Gasteiger partial charge in [-0.1, -0.05) is 30.9 Å². The molecule has 1 aromatic carbocycles. The number of halogens is 1. The second-order valence-electron chi connectivity index (χ2n) is 6.71. The molecule has 6 nitrogen and oxygen atoms in total. The first-order chi connectivity index (χ1) is 11.6. The number of nitrogens with zero attached hydrogens (tertiary/aromatic N) is 2. The third-order valence-electron chi connectivity index (χ3n) is 5.28. The fourth-order valence-electron chi connectivity index (χ4n) is 4.15. The number of hydrogen-bond donors (Lipinski definition) is 2. The summed E-state index contributed by atoms with van der Waals surface area (Å²) in [5, 5.41) is 25.7. The van der Waals surface area contributed by atoms with Crippen molar-refractivity contribution in [2.75, 3.05) is 26.2 Å².